The molecule has 0 saturated heterocycles. The van der Waals surface area contributed by atoms with Crippen LogP contribution in [0.1, 0.15) is 5.56 Å². The molecule has 0 spiro atoms. The third kappa shape index (κ3) is 3.75. The van der Waals surface area contributed by atoms with E-state index in [0.717, 1.165) is 15.8 Å². The van der Waals surface area contributed by atoms with E-state index in [0.29, 0.717) is 6.54 Å². The Kier molecular flexibility index (Phi) is 5.76. The highest BCUT2D eigenvalue weighted by atomic mass is 79.9. The molecule has 3 N–H and O–H groups in total. The standard InChI is InChI=1S/C11H16BrNO3/c1-16-11-3-2-8(4-10(11)12)5-13-9(6-14)7-15/h2-4,9,13-15H,5-7H2,1H3. The number of nitrogens with one attached hydrogen (secondary N) is 1. The molecule has 5 heteroatoms. The van der Waals surface area contributed by atoms with Crippen molar-refractivity contribution in [2.75, 3.05) is 20.3 Å². The third-order valence-electron chi connectivity index (χ3n) is 2.25. The van der Waals surface area contributed by atoms with Gasteiger partial charge in [-0.3, -0.25) is 0 Å². The van der Waals surface area contributed by atoms with Gasteiger partial charge >= 0.3 is 0 Å². The lowest BCUT2D eigenvalue weighted by molar-refractivity contribution is 0.170. The Morgan fingerprint density at radius 1 is 1.38 bits per heavy atom. The summed E-state index contributed by atoms with van der Waals surface area (Å²) in [6.45, 7) is 0.441. The maximum absolute atomic E-state index is 8.89. The molecule has 0 fully saturated rings. The minimum absolute atomic E-state index is 0.0756. The molecule has 0 aliphatic rings. The summed E-state index contributed by atoms with van der Waals surface area (Å²) in [5, 5.41) is 20.8. The van der Waals surface area contributed by atoms with Gasteiger partial charge in [0.15, 0.2) is 0 Å². The molecular formula is C11H16BrNO3. The van der Waals surface area contributed by atoms with Gasteiger partial charge in [0.05, 0.1) is 30.8 Å². The van der Waals surface area contributed by atoms with Crippen molar-refractivity contribution in [3.05, 3.63) is 28.2 Å². The Labute approximate surface area is 103 Å². The molecule has 0 aliphatic heterocycles. The summed E-state index contributed by atoms with van der Waals surface area (Å²) in [5.41, 5.74) is 1.06. The topological polar surface area (TPSA) is 61.7 Å². The maximum atomic E-state index is 8.89. The largest absolute Gasteiger partial charge is 0.496 e. The van der Waals surface area contributed by atoms with Crippen LogP contribution in [0.3, 0.4) is 0 Å². The van der Waals surface area contributed by atoms with Gasteiger partial charge in [0, 0.05) is 6.54 Å². The molecule has 16 heavy (non-hydrogen) atoms. The van der Waals surface area contributed by atoms with E-state index >= 15 is 0 Å². The summed E-state index contributed by atoms with van der Waals surface area (Å²) in [6, 6.07) is 5.47. The van der Waals surface area contributed by atoms with Crippen molar-refractivity contribution in [3.8, 4) is 5.75 Å². The van der Waals surface area contributed by atoms with Crippen molar-refractivity contribution in [2.24, 2.45) is 0 Å². The van der Waals surface area contributed by atoms with Gasteiger partial charge in [0.1, 0.15) is 5.75 Å². The molecule has 0 aliphatic carbocycles. The molecule has 90 valence electrons. The molecule has 0 unspecified atom stereocenters. The highest BCUT2D eigenvalue weighted by Gasteiger charge is 2.06. The molecule has 0 bridgehead atoms. The van der Waals surface area contributed by atoms with Crippen molar-refractivity contribution in [2.45, 2.75) is 12.6 Å². The molecule has 0 amide bonds. The molecule has 0 radical (unpaired) electrons. The first kappa shape index (κ1) is 13.4. The fourth-order valence-electron chi connectivity index (χ4n) is 1.27. The van der Waals surface area contributed by atoms with E-state index in [4.69, 9.17) is 14.9 Å². The van der Waals surface area contributed by atoms with Crippen LogP contribution >= 0.6 is 15.9 Å². The molecule has 1 aromatic rings. The normalized spacial score (nSPS) is 10.8. The quantitative estimate of drug-likeness (QED) is 0.728. The molecule has 1 aromatic carbocycles. The number of halogens is 1. The van der Waals surface area contributed by atoms with Crippen molar-refractivity contribution >= 4 is 15.9 Å². The second-order valence-corrected chi connectivity index (χ2v) is 4.27. The monoisotopic (exact) mass is 289 g/mol. The van der Waals surface area contributed by atoms with Gasteiger partial charge in [0.25, 0.3) is 0 Å². The third-order valence-corrected chi connectivity index (χ3v) is 2.87. The van der Waals surface area contributed by atoms with Crippen LogP contribution in [0.25, 0.3) is 0 Å². The van der Waals surface area contributed by atoms with E-state index in [1.165, 1.54) is 0 Å². The summed E-state index contributed by atoms with van der Waals surface area (Å²) >= 11 is 3.40. The molecule has 0 aromatic heterocycles. The molecule has 0 atom stereocenters. The van der Waals surface area contributed by atoms with E-state index in [1.807, 2.05) is 18.2 Å². The van der Waals surface area contributed by atoms with Crippen LogP contribution in [0.5, 0.6) is 5.75 Å². The number of hydrogen-bond donors (Lipinski definition) is 3. The zero-order valence-electron chi connectivity index (χ0n) is 9.11. The van der Waals surface area contributed by atoms with Crippen LogP contribution < -0.4 is 10.1 Å². The maximum Gasteiger partial charge on any atom is 0.133 e. The number of methoxy groups -OCH3 is 1. The highest BCUT2D eigenvalue weighted by molar-refractivity contribution is 9.10. The lowest BCUT2D eigenvalue weighted by Crippen LogP contribution is -2.35. The Morgan fingerprint density at radius 3 is 2.56 bits per heavy atom. The summed E-state index contributed by atoms with van der Waals surface area (Å²) in [6.07, 6.45) is 0. The van der Waals surface area contributed by atoms with Gasteiger partial charge in [-0.05, 0) is 33.6 Å². The van der Waals surface area contributed by atoms with Crippen molar-refractivity contribution < 1.29 is 14.9 Å². The lowest BCUT2D eigenvalue weighted by atomic mass is 10.2. The van der Waals surface area contributed by atoms with E-state index in [1.54, 1.807) is 7.11 Å². The highest BCUT2D eigenvalue weighted by Crippen LogP contribution is 2.25. The van der Waals surface area contributed by atoms with Gasteiger partial charge in [-0.15, -0.1) is 0 Å². The van der Waals surface area contributed by atoms with Crippen LogP contribution in [0, 0.1) is 0 Å². The van der Waals surface area contributed by atoms with Crippen LogP contribution in [-0.4, -0.2) is 36.6 Å². The number of aliphatic hydroxyl groups is 2. The fourth-order valence-corrected chi connectivity index (χ4v) is 1.86. The first-order chi connectivity index (χ1) is 7.71. The minimum atomic E-state index is -0.277. The SMILES string of the molecule is COc1ccc(CNC(CO)CO)cc1Br. The van der Waals surface area contributed by atoms with Crippen LogP contribution in [0.4, 0.5) is 0 Å². The average molecular weight is 290 g/mol. The number of ether oxygens (including phenoxy) is 1. The summed E-state index contributed by atoms with van der Waals surface area (Å²) in [5.74, 6) is 0.782. The Hall–Kier alpha value is -0.620. The zero-order valence-corrected chi connectivity index (χ0v) is 10.7. The first-order valence-corrected chi connectivity index (χ1v) is 5.78. The van der Waals surface area contributed by atoms with E-state index in [2.05, 4.69) is 21.2 Å². The number of hydrogen-bond acceptors (Lipinski definition) is 4. The number of rotatable bonds is 6. The van der Waals surface area contributed by atoms with Gasteiger partial charge in [0.2, 0.25) is 0 Å². The average Bonchev–Trinajstić information content (AvgIpc) is 2.30. The predicted molar refractivity (Wildman–Crippen MR) is 65.5 cm³/mol. The fraction of sp³-hybridized carbons (Fsp3) is 0.455. The van der Waals surface area contributed by atoms with Gasteiger partial charge in [-0.1, -0.05) is 6.07 Å². The Bertz CT molecular complexity index is 329. The predicted octanol–water partition coefficient (Wildman–Crippen LogP) is 0.900. The summed E-state index contributed by atoms with van der Waals surface area (Å²) in [7, 11) is 1.62. The zero-order chi connectivity index (χ0) is 12.0. The molecule has 1 rings (SSSR count). The van der Waals surface area contributed by atoms with Crippen molar-refractivity contribution in [1.29, 1.82) is 0 Å². The molecular weight excluding hydrogens is 274 g/mol. The van der Waals surface area contributed by atoms with Gasteiger partial charge in [-0.25, -0.2) is 0 Å². The smallest absolute Gasteiger partial charge is 0.133 e. The molecule has 0 heterocycles. The number of aliphatic hydroxyl groups excluding tert-OH is 2. The molecule has 0 saturated carbocycles. The first-order valence-electron chi connectivity index (χ1n) is 4.98. The second kappa shape index (κ2) is 6.85. The van der Waals surface area contributed by atoms with Crippen LogP contribution in [0.15, 0.2) is 22.7 Å². The number of benzene rings is 1. The minimum Gasteiger partial charge on any atom is -0.496 e. The Balaban J connectivity index is 2.58. The molecule has 4 nitrogen and oxygen atoms in total. The lowest BCUT2D eigenvalue weighted by Gasteiger charge is -2.13. The summed E-state index contributed by atoms with van der Waals surface area (Å²) < 4.78 is 6.01. The second-order valence-electron chi connectivity index (χ2n) is 3.41. The summed E-state index contributed by atoms with van der Waals surface area (Å²) in [4.78, 5) is 0. The van der Waals surface area contributed by atoms with Crippen molar-refractivity contribution in [3.63, 3.8) is 0 Å². The van der Waals surface area contributed by atoms with E-state index < -0.39 is 0 Å². The Morgan fingerprint density at radius 2 is 2.06 bits per heavy atom. The van der Waals surface area contributed by atoms with Crippen LogP contribution in [-0.2, 0) is 6.54 Å². The van der Waals surface area contributed by atoms with Gasteiger partial charge in [-0.2, -0.15) is 0 Å². The van der Waals surface area contributed by atoms with E-state index in [-0.39, 0.29) is 19.3 Å². The van der Waals surface area contributed by atoms with Gasteiger partial charge < -0.3 is 20.3 Å². The van der Waals surface area contributed by atoms with Crippen LogP contribution in [0.2, 0.25) is 0 Å². The van der Waals surface area contributed by atoms with E-state index in [9.17, 15) is 0 Å². The van der Waals surface area contributed by atoms with Crippen molar-refractivity contribution in [1.82, 2.24) is 5.32 Å².